The van der Waals surface area contributed by atoms with Gasteiger partial charge in [0.1, 0.15) is 4.90 Å². The molecule has 0 fully saturated rings. The summed E-state index contributed by atoms with van der Waals surface area (Å²) in [7, 11) is -1.83. The van der Waals surface area contributed by atoms with Gasteiger partial charge in [0.25, 0.3) is 0 Å². The van der Waals surface area contributed by atoms with Gasteiger partial charge in [-0.2, -0.15) is 0 Å². The van der Waals surface area contributed by atoms with Crippen LogP contribution >= 0.6 is 23.2 Å². The summed E-state index contributed by atoms with van der Waals surface area (Å²) >= 11 is 11.9. The Morgan fingerprint density at radius 2 is 1.95 bits per heavy atom. The standard InChI is InChI=1S/C13H20Cl2N2O3S/c1-9(2)17(3)7-6-16-21(19,20)12-5-4-11(14)10(8-18)13(12)15/h4-5,9,16,18H,6-8H2,1-3H3. The zero-order valence-corrected chi connectivity index (χ0v) is 14.6. The number of nitrogens with zero attached hydrogens (tertiary/aromatic N) is 1. The highest BCUT2D eigenvalue weighted by Gasteiger charge is 2.21. The molecule has 0 atom stereocenters. The van der Waals surface area contributed by atoms with Crippen molar-refractivity contribution >= 4 is 33.2 Å². The number of aliphatic hydroxyl groups is 1. The van der Waals surface area contributed by atoms with Crippen LogP contribution in [0.1, 0.15) is 19.4 Å². The fourth-order valence-corrected chi connectivity index (χ4v) is 3.54. The van der Waals surface area contributed by atoms with Gasteiger partial charge in [0, 0.05) is 29.7 Å². The molecule has 0 saturated carbocycles. The molecule has 2 N–H and O–H groups in total. The van der Waals surface area contributed by atoms with Crippen molar-refractivity contribution in [3.05, 3.63) is 27.7 Å². The molecule has 0 amide bonds. The van der Waals surface area contributed by atoms with Gasteiger partial charge in [0.15, 0.2) is 0 Å². The van der Waals surface area contributed by atoms with Crippen LogP contribution in [0.4, 0.5) is 0 Å². The van der Waals surface area contributed by atoms with E-state index in [0.29, 0.717) is 12.6 Å². The summed E-state index contributed by atoms with van der Waals surface area (Å²) in [6, 6.07) is 3.07. The van der Waals surface area contributed by atoms with Gasteiger partial charge < -0.3 is 10.0 Å². The number of nitrogens with one attached hydrogen (secondary N) is 1. The number of hydrogen-bond donors (Lipinski definition) is 2. The van der Waals surface area contributed by atoms with Crippen LogP contribution in [0.5, 0.6) is 0 Å². The lowest BCUT2D eigenvalue weighted by molar-refractivity contribution is 0.278. The Morgan fingerprint density at radius 1 is 1.33 bits per heavy atom. The van der Waals surface area contributed by atoms with Gasteiger partial charge in [-0.25, -0.2) is 13.1 Å². The molecule has 1 rings (SSSR count). The number of hydrogen-bond acceptors (Lipinski definition) is 4. The molecule has 1 aromatic carbocycles. The summed E-state index contributed by atoms with van der Waals surface area (Å²) in [6.07, 6.45) is 0. The number of benzene rings is 1. The van der Waals surface area contributed by atoms with Gasteiger partial charge in [-0.3, -0.25) is 0 Å². The predicted molar refractivity (Wildman–Crippen MR) is 85.3 cm³/mol. The average molecular weight is 355 g/mol. The number of rotatable bonds is 7. The molecule has 0 bridgehead atoms. The maximum absolute atomic E-state index is 12.2. The fraction of sp³-hybridized carbons (Fsp3) is 0.538. The molecule has 0 aliphatic carbocycles. The highest BCUT2D eigenvalue weighted by molar-refractivity contribution is 7.89. The van der Waals surface area contributed by atoms with Gasteiger partial charge in [-0.1, -0.05) is 23.2 Å². The summed E-state index contributed by atoms with van der Waals surface area (Å²) in [5, 5.41) is 9.40. The highest BCUT2D eigenvalue weighted by Crippen LogP contribution is 2.30. The van der Waals surface area contributed by atoms with E-state index >= 15 is 0 Å². The topological polar surface area (TPSA) is 69.6 Å². The van der Waals surface area contributed by atoms with Gasteiger partial charge in [0.05, 0.1) is 11.6 Å². The Balaban J connectivity index is 2.89. The SMILES string of the molecule is CC(C)N(C)CCNS(=O)(=O)c1ccc(Cl)c(CO)c1Cl. The molecule has 0 radical (unpaired) electrons. The lowest BCUT2D eigenvalue weighted by atomic mass is 10.2. The van der Waals surface area contributed by atoms with Crippen molar-refractivity contribution in [2.24, 2.45) is 0 Å². The zero-order valence-electron chi connectivity index (χ0n) is 12.2. The third-order valence-corrected chi connectivity index (χ3v) is 5.64. The number of aliphatic hydroxyl groups excluding tert-OH is 1. The van der Waals surface area contributed by atoms with Crippen LogP contribution in [-0.4, -0.2) is 44.6 Å². The van der Waals surface area contributed by atoms with Gasteiger partial charge in [0.2, 0.25) is 10.0 Å². The van der Waals surface area contributed by atoms with Crippen molar-refractivity contribution in [2.75, 3.05) is 20.1 Å². The van der Waals surface area contributed by atoms with Crippen molar-refractivity contribution < 1.29 is 13.5 Å². The second-order valence-corrected chi connectivity index (χ2v) is 7.49. The van der Waals surface area contributed by atoms with E-state index in [4.69, 9.17) is 23.2 Å². The third kappa shape index (κ3) is 4.81. The Kier molecular flexibility index (Phi) is 6.90. The van der Waals surface area contributed by atoms with Crippen LogP contribution in [0, 0.1) is 0 Å². The Morgan fingerprint density at radius 3 is 2.48 bits per heavy atom. The quantitative estimate of drug-likeness (QED) is 0.786. The van der Waals surface area contributed by atoms with Crippen LogP contribution in [0.2, 0.25) is 10.0 Å². The number of sulfonamides is 1. The molecule has 5 nitrogen and oxygen atoms in total. The van der Waals surface area contributed by atoms with E-state index in [9.17, 15) is 13.5 Å². The van der Waals surface area contributed by atoms with Gasteiger partial charge >= 0.3 is 0 Å². The van der Waals surface area contributed by atoms with E-state index < -0.39 is 16.6 Å². The zero-order chi connectivity index (χ0) is 16.2. The van der Waals surface area contributed by atoms with Crippen LogP contribution in [0.3, 0.4) is 0 Å². The van der Waals surface area contributed by atoms with Crippen molar-refractivity contribution in [1.29, 1.82) is 0 Å². The summed E-state index contributed by atoms with van der Waals surface area (Å²) in [6.45, 7) is 4.48. The molecule has 21 heavy (non-hydrogen) atoms. The largest absolute Gasteiger partial charge is 0.392 e. The monoisotopic (exact) mass is 354 g/mol. The Bertz CT molecular complexity index is 591. The highest BCUT2D eigenvalue weighted by atomic mass is 35.5. The first kappa shape index (κ1) is 18.7. The summed E-state index contributed by atoms with van der Waals surface area (Å²) in [5.41, 5.74) is 0.209. The van der Waals surface area contributed by atoms with Crippen molar-refractivity contribution in [3.8, 4) is 0 Å². The smallest absolute Gasteiger partial charge is 0.242 e. The summed E-state index contributed by atoms with van der Waals surface area (Å²) < 4.78 is 27.0. The number of halogens is 2. The van der Waals surface area contributed by atoms with E-state index in [0.717, 1.165) is 0 Å². The molecular weight excluding hydrogens is 335 g/mol. The predicted octanol–water partition coefficient (Wildman–Crippen LogP) is 2.10. The van der Waals surface area contributed by atoms with E-state index in [1.54, 1.807) is 0 Å². The fourth-order valence-electron chi connectivity index (χ4n) is 1.62. The molecule has 0 spiro atoms. The first-order valence-corrected chi connectivity index (χ1v) is 8.72. The van der Waals surface area contributed by atoms with E-state index in [2.05, 4.69) is 4.72 Å². The van der Waals surface area contributed by atoms with Gasteiger partial charge in [-0.05, 0) is 33.0 Å². The molecule has 0 saturated heterocycles. The molecule has 0 heterocycles. The molecule has 0 aliphatic rings. The lowest BCUT2D eigenvalue weighted by Crippen LogP contribution is -2.36. The minimum Gasteiger partial charge on any atom is -0.392 e. The van der Waals surface area contributed by atoms with E-state index in [-0.39, 0.29) is 27.0 Å². The van der Waals surface area contributed by atoms with Gasteiger partial charge in [-0.15, -0.1) is 0 Å². The van der Waals surface area contributed by atoms with Crippen molar-refractivity contribution in [3.63, 3.8) is 0 Å². The lowest BCUT2D eigenvalue weighted by Gasteiger charge is -2.21. The first-order chi connectivity index (χ1) is 9.70. The number of likely N-dealkylation sites (N-methyl/N-ethyl adjacent to an activating group) is 1. The van der Waals surface area contributed by atoms with Crippen LogP contribution in [0.25, 0.3) is 0 Å². The molecule has 0 aromatic heterocycles. The summed E-state index contributed by atoms with van der Waals surface area (Å²) in [5.74, 6) is 0. The molecule has 8 heteroatoms. The van der Waals surface area contributed by atoms with Crippen LogP contribution in [-0.2, 0) is 16.6 Å². The van der Waals surface area contributed by atoms with Crippen LogP contribution in [0.15, 0.2) is 17.0 Å². The average Bonchev–Trinajstić information content (AvgIpc) is 2.38. The van der Waals surface area contributed by atoms with E-state index in [1.807, 2.05) is 25.8 Å². The van der Waals surface area contributed by atoms with Crippen LogP contribution < -0.4 is 4.72 Å². The summed E-state index contributed by atoms with van der Waals surface area (Å²) in [4.78, 5) is 1.94. The Hall–Kier alpha value is -0.370. The minimum atomic E-state index is -3.74. The minimum absolute atomic E-state index is 0.0466. The maximum Gasteiger partial charge on any atom is 0.242 e. The molecule has 0 aliphatic heterocycles. The molecular formula is C13H20Cl2N2O3S. The molecule has 0 unspecified atom stereocenters. The third-order valence-electron chi connectivity index (χ3n) is 3.24. The van der Waals surface area contributed by atoms with Crippen molar-refractivity contribution in [1.82, 2.24) is 9.62 Å². The Labute approximate surface area is 135 Å². The molecule has 120 valence electrons. The maximum atomic E-state index is 12.2. The second-order valence-electron chi connectivity index (χ2n) is 4.97. The normalized spacial score (nSPS) is 12.4. The second kappa shape index (κ2) is 7.76. The van der Waals surface area contributed by atoms with E-state index in [1.165, 1.54) is 12.1 Å². The molecule has 1 aromatic rings. The van der Waals surface area contributed by atoms with Crippen molar-refractivity contribution in [2.45, 2.75) is 31.4 Å². The first-order valence-electron chi connectivity index (χ1n) is 6.48.